The summed E-state index contributed by atoms with van der Waals surface area (Å²) < 4.78 is 0. The predicted octanol–water partition coefficient (Wildman–Crippen LogP) is 1.94. The van der Waals surface area contributed by atoms with Crippen molar-refractivity contribution in [3.63, 3.8) is 0 Å². The van der Waals surface area contributed by atoms with Crippen LogP contribution in [-0.2, 0) is 0 Å². The molecule has 0 aromatic carbocycles. The lowest BCUT2D eigenvalue weighted by atomic mass is 9.91. The van der Waals surface area contributed by atoms with E-state index in [1.807, 2.05) is 11.8 Å². The third kappa shape index (κ3) is 4.20. The monoisotopic (exact) mass is 216 g/mol. The molecular weight excluding hydrogens is 192 g/mol. The van der Waals surface area contributed by atoms with Crippen LogP contribution in [0.5, 0.6) is 0 Å². The summed E-state index contributed by atoms with van der Waals surface area (Å²) in [4.78, 5) is 2.53. The molecule has 0 atom stereocenters. The number of rotatable bonds is 5. The minimum atomic E-state index is 0.478. The minimum Gasteiger partial charge on any atom is -0.328 e. The first-order valence-corrected chi connectivity index (χ1v) is 7.08. The second-order valence-electron chi connectivity index (χ2n) is 4.40. The van der Waals surface area contributed by atoms with Gasteiger partial charge in [0.25, 0.3) is 0 Å². The van der Waals surface area contributed by atoms with E-state index < -0.39 is 0 Å². The summed E-state index contributed by atoms with van der Waals surface area (Å²) in [7, 11) is 2.27. The third-order valence-corrected chi connectivity index (χ3v) is 3.92. The van der Waals surface area contributed by atoms with Gasteiger partial charge in [-0.25, -0.2) is 0 Å². The molecular formula is C11H24N2S. The molecule has 0 aliphatic heterocycles. The van der Waals surface area contributed by atoms with E-state index in [2.05, 4.69) is 18.2 Å². The van der Waals surface area contributed by atoms with Crippen LogP contribution in [0.25, 0.3) is 0 Å². The first kappa shape index (κ1) is 12.3. The van der Waals surface area contributed by atoms with Gasteiger partial charge >= 0.3 is 0 Å². The molecule has 0 saturated heterocycles. The Labute approximate surface area is 92.6 Å². The van der Waals surface area contributed by atoms with Gasteiger partial charge in [0.1, 0.15) is 0 Å². The lowest BCUT2D eigenvalue weighted by Crippen LogP contribution is -2.39. The van der Waals surface area contributed by atoms with E-state index in [1.165, 1.54) is 44.4 Å². The van der Waals surface area contributed by atoms with Crippen LogP contribution < -0.4 is 5.73 Å². The summed E-state index contributed by atoms with van der Waals surface area (Å²) in [5, 5.41) is 0. The van der Waals surface area contributed by atoms with Crippen molar-refractivity contribution >= 4 is 11.8 Å². The fraction of sp³-hybridized carbons (Fsp3) is 1.00. The van der Waals surface area contributed by atoms with Crippen LogP contribution in [0, 0.1) is 0 Å². The first-order valence-electron chi connectivity index (χ1n) is 5.68. The van der Waals surface area contributed by atoms with Gasteiger partial charge in [0, 0.05) is 12.1 Å². The predicted molar refractivity (Wildman–Crippen MR) is 65.9 cm³/mol. The van der Waals surface area contributed by atoms with Crippen molar-refractivity contribution in [2.75, 3.05) is 25.6 Å². The van der Waals surface area contributed by atoms with Crippen LogP contribution in [-0.4, -0.2) is 42.6 Å². The zero-order valence-electron chi connectivity index (χ0n) is 9.54. The zero-order chi connectivity index (χ0) is 10.4. The Hall–Kier alpha value is 0.270. The molecule has 1 fully saturated rings. The molecule has 84 valence electrons. The highest BCUT2D eigenvalue weighted by Gasteiger charge is 2.21. The zero-order valence-corrected chi connectivity index (χ0v) is 10.4. The molecule has 0 aromatic rings. The molecule has 14 heavy (non-hydrogen) atoms. The van der Waals surface area contributed by atoms with Crippen molar-refractivity contribution in [3.05, 3.63) is 0 Å². The largest absolute Gasteiger partial charge is 0.328 e. The minimum absolute atomic E-state index is 0.478. The standard InChI is InChI=1S/C11H24N2S/c1-13(8-3-9-14-2)11-6-4-10(12)5-7-11/h10-11H,3-9,12H2,1-2H3. The summed E-state index contributed by atoms with van der Waals surface area (Å²) in [6.45, 7) is 1.25. The van der Waals surface area contributed by atoms with Crippen molar-refractivity contribution < 1.29 is 0 Å². The molecule has 0 heterocycles. The Kier molecular flexibility index (Phi) is 5.90. The Morgan fingerprint density at radius 2 is 1.93 bits per heavy atom. The van der Waals surface area contributed by atoms with Gasteiger partial charge in [-0.15, -0.1) is 0 Å². The Balaban J connectivity index is 2.13. The fourth-order valence-corrected chi connectivity index (χ4v) is 2.60. The van der Waals surface area contributed by atoms with E-state index in [0.717, 1.165) is 6.04 Å². The second-order valence-corrected chi connectivity index (χ2v) is 5.38. The highest BCUT2D eigenvalue weighted by Crippen LogP contribution is 2.21. The summed E-state index contributed by atoms with van der Waals surface area (Å²) >= 11 is 1.94. The van der Waals surface area contributed by atoms with Gasteiger partial charge in [-0.05, 0) is 57.7 Å². The van der Waals surface area contributed by atoms with Crippen molar-refractivity contribution in [2.45, 2.75) is 44.2 Å². The highest BCUT2D eigenvalue weighted by molar-refractivity contribution is 7.98. The van der Waals surface area contributed by atoms with Crippen LogP contribution in [0.4, 0.5) is 0 Å². The van der Waals surface area contributed by atoms with Crippen LogP contribution in [0.15, 0.2) is 0 Å². The van der Waals surface area contributed by atoms with E-state index in [9.17, 15) is 0 Å². The molecule has 2 N–H and O–H groups in total. The summed E-state index contributed by atoms with van der Waals surface area (Å²) in [5.74, 6) is 1.29. The van der Waals surface area contributed by atoms with Crippen LogP contribution in [0.1, 0.15) is 32.1 Å². The van der Waals surface area contributed by atoms with E-state index in [0.29, 0.717) is 6.04 Å². The molecule has 2 nitrogen and oxygen atoms in total. The topological polar surface area (TPSA) is 29.3 Å². The average molecular weight is 216 g/mol. The maximum atomic E-state index is 5.90. The van der Waals surface area contributed by atoms with Crippen molar-refractivity contribution in [2.24, 2.45) is 5.73 Å². The van der Waals surface area contributed by atoms with Gasteiger partial charge in [-0.1, -0.05) is 0 Å². The molecule has 3 heteroatoms. The Morgan fingerprint density at radius 3 is 2.50 bits per heavy atom. The maximum absolute atomic E-state index is 5.90. The number of thioether (sulfide) groups is 1. The molecule has 0 bridgehead atoms. The van der Waals surface area contributed by atoms with Gasteiger partial charge in [0.05, 0.1) is 0 Å². The SMILES string of the molecule is CSCCCN(C)C1CCC(N)CC1. The van der Waals surface area contributed by atoms with Crippen molar-refractivity contribution in [1.82, 2.24) is 4.90 Å². The fourth-order valence-electron chi connectivity index (χ4n) is 2.18. The summed E-state index contributed by atoms with van der Waals surface area (Å²) in [5.41, 5.74) is 5.90. The van der Waals surface area contributed by atoms with Gasteiger partial charge in [-0.3, -0.25) is 0 Å². The average Bonchev–Trinajstić information content (AvgIpc) is 2.19. The number of hydrogen-bond acceptors (Lipinski definition) is 3. The molecule has 0 aromatic heterocycles. The number of nitrogens with two attached hydrogens (primary N) is 1. The molecule has 1 saturated carbocycles. The lowest BCUT2D eigenvalue weighted by Gasteiger charge is -2.33. The van der Waals surface area contributed by atoms with E-state index in [-0.39, 0.29) is 0 Å². The molecule has 0 unspecified atom stereocenters. The van der Waals surface area contributed by atoms with Gasteiger partial charge in [0.2, 0.25) is 0 Å². The van der Waals surface area contributed by atoms with Crippen LogP contribution in [0.3, 0.4) is 0 Å². The second kappa shape index (κ2) is 6.70. The normalized spacial score (nSPS) is 28.3. The van der Waals surface area contributed by atoms with Crippen molar-refractivity contribution in [3.8, 4) is 0 Å². The molecule has 0 amide bonds. The number of nitrogens with zero attached hydrogens (tertiary/aromatic N) is 1. The highest BCUT2D eigenvalue weighted by atomic mass is 32.2. The first-order chi connectivity index (χ1) is 6.74. The van der Waals surface area contributed by atoms with Gasteiger partial charge in [0.15, 0.2) is 0 Å². The summed E-state index contributed by atoms with van der Waals surface area (Å²) in [6.07, 6.45) is 8.54. The molecule has 1 aliphatic rings. The summed E-state index contributed by atoms with van der Waals surface area (Å²) in [6, 6.07) is 1.28. The molecule has 0 spiro atoms. The van der Waals surface area contributed by atoms with E-state index in [4.69, 9.17) is 5.73 Å². The van der Waals surface area contributed by atoms with Crippen LogP contribution in [0.2, 0.25) is 0 Å². The Bertz CT molecular complexity index is 144. The maximum Gasteiger partial charge on any atom is 0.00933 e. The molecule has 0 radical (unpaired) electrons. The Morgan fingerprint density at radius 1 is 1.29 bits per heavy atom. The number of hydrogen-bond donors (Lipinski definition) is 1. The van der Waals surface area contributed by atoms with E-state index in [1.54, 1.807) is 0 Å². The smallest absolute Gasteiger partial charge is 0.00933 e. The molecule has 1 rings (SSSR count). The van der Waals surface area contributed by atoms with E-state index >= 15 is 0 Å². The quantitative estimate of drug-likeness (QED) is 0.712. The van der Waals surface area contributed by atoms with Gasteiger partial charge in [-0.2, -0.15) is 11.8 Å². The third-order valence-electron chi connectivity index (χ3n) is 3.22. The van der Waals surface area contributed by atoms with Crippen molar-refractivity contribution in [1.29, 1.82) is 0 Å². The molecule has 1 aliphatic carbocycles. The van der Waals surface area contributed by atoms with Crippen LogP contribution >= 0.6 is 11.8 Å². The lowest BCUT2D eigenvalue weighted by molar-refractivity contribution is 0.184. The van der Waals surface area contributed by atoms with Gasteiger partial charge < -0.3 is 10.6 Å².